The number of nitrogens with zero attached hydrogens (tertiary/aromatic N) is 1. The van der Waals surface area contributed by atoms with Crippen molar-refractivity contribution in [2.75, 3.05) is 20.1 Å². The van der Waals surface area contributed by atoms with Crippen molar-refractivity contribution >= 4 is 5.78 Å². The third-order valence-electron chi connectivity index (χ3n) is 3.44. The van der Waals surface area contributed by atoms with E-state index in [1.54, 1.807) is 6.92 Å². The largest absolute Gasteiger partial charge is 0.316 e. The van der Waals surface area contributed by atoms with Gasteiger partial charge < -0.3 is 5.32 Å². The van der Waals surface area contributed by atoms with Crippen molar-refractivity contribution in [3.63, 3.8) is 0 Å². The van der Waals surface area contributed by atoms with E-state index >= 15 is 0 Å². The van der Waals surface area contributed by atoms with E-state index in [1.165, 1.54) is 6.42 Å². The molecular formula is C12H25N3O. The third-order valence-corrected chi connectivity index (χ3v) is 3.44. The minimum Gasteiger partial charge on any atom is -0.316 e. The molecule has 0 aromatic carbocycles. The van der Waals surface area contributed by atoms with Gasteiger partial charge in [0.25, 0.3) is 0 Å². The van der Waals surface area contributed by atoms with Crippen LogP contribution in [0.15, 0.2) is 0 Å². The van der Waals surface area contributed by atoms with Crippen LogP contribution in [0.4, 0.5) is 0 Å². The molecule has 0 amide bonds. The first-order valence-corrected chi connectivity index (χ1v) is 6.39. The maximum atomic E-state index is 11.4. The maximum absolute atomic E-state index is 11.4. The average Bonchev–Trinajstić information content (AvgIpc) is 2.74. The van der Waals surface area contributed by atoms with Crippen molar-refractivity contribution < 1.29 is 4.79 Å². The molecule has 4 nitrogen and oxygen atoms in total. The van der Waals surface area contributed by atoms with Crippen molar-refractivity contribution in [3.05, 3.63) is 0 Å². The molecule has 2 N–H and O–H groups in total. The van der Waals surface area contributed by atoms with Crippen LogP contribution in [0.5, 0.6) is 0 Å². The first-order valence-electron chi connectivity index (χ1n) is 6.39. The van der Waals surface area contributed by atoms with Crippen LogP contribution in [0.2, 0.25) is 0 Å². The number of fused-ring (bicyclic) bond motifs is 1. The summed E-state index contributed by atoms with van der Waals surface area (Å²) in [5.74, 6) is 0.289. The SMILES string of the molecule is CC.CNC1CCC2NCC(C(C)=O)N2C1. The van der Waals surface area contributed by atoms with Gasteiger partial charge in [-0.3, -0.25) is 15.0 Å². The van der Waals surface area contributed by atoms with Crippen LogP contribution in [0.1, 0.15) is 33.6 Å². The van der Waals surface area contributed by atoms with Crippen LogP contribution in [0.25, 0.3) is 0 Å². The molecule has 4 heteroatoms. The summed E-state index contributed by atoms with van der Waals surface area (Å²) in [6.07, 6.45) is 2.79. The second-order valence-corrected chi connectivity index (χ2v) is 4.31. The molecule has 94 valence electrons. The van der Waals surface area contributed by atoms with Gasteiger partial charge in [-0.1, -0.05) is 13.8 Å². The molecule has 2 fully saturated rings. The fourth-order valence-corrected chi connectivity index (χ4v) is 2.54. The highest BCUT2D eigenvalue weighted by atomic mass is 16.1. The molecule has 0 spiro atoms. The van der Waals surface area contributed by atoms with E-state index in [0.29, 0.717) is 12.2 Å². The van der Waals surface area contributed by atoms with Crippen LogP contribution in [0.3, 0.4) is 0 Å². The van der Waals surface area contributed by atoms with Gasteiger partial charge in [0.15, 0.2) is 0 Å². The number of nitrogens with one attached hydrogen (secondary N) is 2. The van der Waals surface area contributed by atoms with Crippen molar-refractivity contribution in [2.24, 2.45) is 0 Å². The Labute approximate surface area is 98.8 Å². The van der Waals surface area contributed by atoms with Crippen molar-refractivity contribution in [3.8, 4) is 0 Å². The van der Waals surface area contributed by atoms with Crippen LogP contribution in [-0.4, -0.2) is 49.1 Å². The Bertz CT molecular complexity index is 232. The summed E-state index contributed by atoms with van der Waals surface area (Å²) in [5.41, 5.74) is 0. The van der Waals surface area contributed by atoms with E-state index in [0.717, 1.165) is 19.5 Å². The highest BCUT2D eigenvalue weighted by molar-refractivity contribution is 5.82. The Morgan fingerprint density at radius 1 is 1.38 bits per heavy atom. The molecular weight excluding hydrogens is 202 g/mol. The fourth-order valence-electron chi connectivity index (χ4n) is 2.54. The standard InChI is InChI=1S/C10H19N3O.C2H6/c1-7(14)9-5-12-10-4-3-8(11-2)6-13(9)10;1-2/h8-12H,3-6H2,1-2H3;1-2H3. The van der Waals surface area contributed by atoms with Gasteiger partial charge in [-0.25, -0.2) is 0 Å². The predicted molar refractivity (Wildman–Crippen MR) is 66.4 cm³/mol. The molecule has 3 atom stereocenters. The van der Waals surface area contributed by atoms with E-state index in [4.69, 9.17) is 0 Å². The van der Waals surface area contributed by atoms with E-state index in [-0.39, 0.29) is 11.8 Å². The molecule has 2 heterocycles. The topological polar surface area (TPSA) is 44.4 Å². The van der Waals surface area contributed by atoms with Crippen LogP contribution in [-0.2, 0) is 4.79 Å². The summed E-state index contributed by atoms with van der Waals surface area (Å²) in [7, 11) is 2.00. The van der Waals surface area contributed by atoms with Gasteiger partial charge in [-0.2, -0.15) is 0 Å². The van der Waals surface area contributed by atoms with Gasteiger partial charge in [-0.05, 0) is 26.8 Å². The normalized spacial score (nSPS) is 33.9. The first-order chi connectivity index (χ1) is 7.72. The van der Waals surface area contributed by atoms with Crippen molar-refractivity contribution in [2.45, 2.75) is 51.9 Å². The minimum atomic E-state index is 0.108. The summed E-state index contributed by atoms with van der Waals surface area (Å²) in [4.78, 5) is 13.7. The lowest BCUT2D eigenvalue weighted by Gasteiger charge is -2.36. The summed E-state index contributed by atoms with van der Waals surface area (Å²) in [5, 5.41) is 6.71. The summed E-state index contributed by atoms with van der Waals surface area (Å²) >= 11 is 0. The molecule has 16 heavy (non-hydrogen) atoms. The zero-order valence-electron chi connectivity index (χ0n) is 10.9. The van der Waals surface area contributed by atoms with Crippen molar-refractivity contribution in [1.82, 2.24) is 15.5 Å². The Morgan fingerprint density at radius 3 is 2.62 bits per heavy atom. The quantitative estimate of drug-likeness (QED) is 0.724. The van der Waals surface area contributed by atoms with Crippen LogP contribution in [0, 0.1) is 0 Å². The number of carbonyl (C=O) groups excluding carboxylic acids is 1. The second-order valence-electron chi connectivity index (χ2n) is 4.31. The lowest BCUT2D eigenvalue weighted by atomic mass is 10.0. The van der Waals surface area contributed by atoms with Crippen LogP contribution < -0.4 is 10.6 Å². The van der Waals surface area contributed by atoms with Crippen molar-refractivity contribution in [1.29, 1.82) is 0 Å². The number of Topliss-reactive ketones (excluding diaryl/α,β-unsaturated/α-hetero) is 1. The molecule has 0 saturated carbocycles. The molecule has 2 rings (SSSR count). The lowest BCUT2D eigenvalue weighted by Crippen LogP contribution is -2.52. The summed E-state index contributed by atoms with van der Waals surface area (Å²) in [6.45, 7) is 7.52. The molecule has 0 aromatic rings. The van der Waals surface area contributed by atoms with Gasteiger partial charge in [0, 0.05) is 19.1 Å². The number of rotatable bonds is 2. The number of likely N-dealkylation sites (N-methyl/N-ethyl adjacent to an activating group) is 1. The number of carbonyl (C=O) groups is 1. The van der Waals surface area contributed by atoms with Gasteiger partial charge in [0.05, 0.1) is 12.2 Å². The molecule has 2 saturated heterocycles. The van der Waals surface area contributed by atoms with E-state index in [2.05, 4.69) is 15.5 Å². The second kappa shape index (κ2) is 6.33. The maximum Gasteiger partial charge on any atom is 0.148 e. The summed E-state index contributed by atoms with van der Waals surface area (Å²) < 4.78 is 0. The molecule has 0 aliphatic carbocycles. The number of piperidine rings is 1. The Kier molecular flexibility index (Phi) is 5.38. The van der Waals surface area contributed by atoms with Gasteiger partial charge >= 0.3 is 0 Å². The highest BCUT2D eigenvalue weighted by Gasteiger charge is 2.39. The number of hydrogen-bond donors (Lipinski definition) is 2. The molecule has 0 aromatic heterocycles. The Hall–Kier alpha value is -0.450. The third kappa shape index (κ3) is 2.81. The van der Waals surface area contributed by atoms with Gasteiger partial charge in [-0.15, -0.1) is 0 Å². The zero-order chi connectivity index (χ0) is 12.1. The summed E-state index contributed by atoms with van der Waals surface area (Å²) in [6, 6.07) is 0.657. The molecule has 2 aliphatic heterocycles. The van der Waals surface area contributed by atoms with E-state index in [9.17, 15) is 4.79 Å². The Morgan fingerprint density at radius 2 is 2.06 bits per heavy atom. The predicted octanol–water partition coefficient (Wildman–Crippen LogP) is 0.583. The molecule has 3 unspecified atom stereocenters. The Balaban J connectivity index is 0.000000606. The van der Waals surface area contributed by atoms with Crippen LogP contribution >= 0.6 is 0 Å². The monoisotopic (exact) mass is 227 g/mol. The number of ketones is 1. The van der Waals surface area contributed by atoms with E-state index in [1.807, 2.05) is 20.9 Å². The molecule has 2 aliphatic rings. The molecule has 0 radical (unpaired) electrons. The smallest absolute Gasteiger partial charge is 0.148 e. The highest BCUT2D eigenvalue weighted by Crippen LogP contribution is 2.22. The van der Waals surface area contributed by atoms with Gasteiger partial charge in [0.2, 0.25) is 0 Å². The average molecular weight is 227 g/mol. The number of hydrogen-bond acceptors (Lipinski definition) is 4. The van der Waals surface area contributed by atoms with Gasteiger partial charge in [0.1, 0.15) is 5.78 Å². The molecule has 0 bridgehead atoms. The lowest BCUT2D eigenvalue weighted by molar-refractivity contribution is -0.121. The zero-order valence-corrected chi connectivity index (χ0v) is 10.9. The first kappa shape index (κ1) is 13.6. The minimum absolute atomic E-state index is 0.108. The van der Waals surface area contributed by atoms with E-state index < -0.39 is 0 Å². The fraction of sp³-hybridized carbons (Fsp3) is 0.917.